The first kappa shape index (κ1) is 17.0. The first-order valence-corrected chi connectivity index (χ1v) is 8.17. The lowest BCUT2D eigenvalue weighted by molar-refractivity contribution is -0.119. The van der Waals surface area contributed by atoms with Gasteiger partial charge in [-0.3, -0.25) is 4.79 Å². The van der Waals surface area contributed by atoms with Crippen molar-refractivity contribution in [1.29, 1.82) is 0 Å². The van der Waals surface area contributed by atoms with Crippen LogP contribution in [0.5, 0.6) is 0 Å². The molecule has 1 aromatic heterocycles. The number of halogens is 2. The average molecular weight is 361 g/mol. The first-order valence-electron chi connectivity index (χ1n) is 7.36. The zero-order valence-corrected chi connectivity index (χ0v) is 14.0. The Morgan fingerprint density at radius 3 is 2.64 bits per heavy atom. The second-order valence-corrected chi connectivity index (χ2v) is 6.36. The third-order valence-corrected chi connectivity index (χ3v) is 4.77. The third-order valence-electron chi connectivity index (χ3n) is 3.53. The number of ether oxygens (including phenoxy) is 1. The maximum atomic E-state index is 13.9. The minimum Gasteiger partial charge on any atom is -0.451 e. The largest absolute Gasteiger partial charge is 0.451 e. The van der Waals surface area contributed by atoms with Crippen molar-refractivity contribution in [2.24, 2.45) is 0 Å². The summed E-state index contributed by atoms with van der Waals surface area (Å²) in [5.74, 6) is -2.19. The van der Waals surface area contributed by atoms with Crippen molar-refractivity contribution < 1.29 is 23.1 Å². The van der Waals surface area contributed by atoms with Crippen molar-refractivity contribution in [2.45, 2.75) is 6.92 Å². The van der Waals surface area contributed by atoms with Crippen LogP contribution in [0.15, 0.2) is 42.5 Å². The number of rotatable bonds is 4. The highest BCUT2D eigenvalue weighted by atomic mass is 32.1. The molecular formula is C18H13F2NO3S. The maximum absolute atomic E-state index is 13.9. The van der Waals surface area contributed by atoms with E-state index >= 15 is 0 Å². The zero-order valence-electron chi connectivity index (χ0n) is 13.1. The summed E-state index contributed by atoms with van der Waals surface area (Å²) < 4.78 is 32.6. The predicted octanol–water partition coefficient (Wildman–Crippen LogP) is 4.28. The molecule has 2 aromatic carbocycles. The molecule has 7 heteroatoms. The summed E-state index contributed by atoms with van der Waals surface area (Å²) in [5, 5.41) is 2.81. The molecule has 0 atom stereocenters. The normalized spacial score (nSPS) is 10.7. The van der Waals surface area contributed by atoms with Gasteiger partial charge in [0.05, 0.1) is 0 Å². The van der Waals surface area contributed by atoms with Gasteiger partial charge in [0.2, 0.25) is 0 Å². The second-order valence-electron chi connectivity index (χ2n) is 5.30. The van der Waals surface area contributed by atoms with Crippen molar-refractivity contribution in [2.75, 3.05) is 11.9 Å². The molecule has 25 heavy (non-hydrogen) atoms. The lowest BCUT2D eigenvalue weighted by Gasteiger charge is -2.06. The quantitative estimate of drug-likeness (QED) is 0.706. The van der Waals surface area contributed by atoms with Gasteiger partial charge in [0, 0.05) is 15.8 Å². The van der Waals surface area contributed by atoms with Crippen molar-refractivity contribution in [3.63, 3.8) is 0 Å². The second kappa shape index (κ2) is 6.98. The summed E-state index contributed by atoms with van der Waals surface area (Å²) in [4.78, 5) is 24.2. The topological polar surface area (TPSA) is 55.4 Å². The Morgan fingerprint density at radius 2 is 1.92 bits per heavy atom. The van der Waals surface area contributed by atoms with Crippen molar-refractivity contribution in [3.8, 4) is 0 Å². The number of anilines is 1. The highest BCUT2D eigenvalue weighted by Crippen LogP contribution is 2.32. The Morgan fingerprint density at radius 1 is 1.16 bits per heavy atom. The van der Waals surface area contributed by atoms with Crippen molar-refractivity contribution >= 4 is 39.0 Å². The van der Waals surface area contributed by atoms with Crippen molar-refractivity contribution in [1.82, 2.24) is 0 Å². The number of hydrogen-bond donors (Lipinski definition) is 1. The Balaban J connectivity index is 1.68. The number of esters is 1. The van der Waals surface area contributed by atoms with E-state index in [0.717, 1.165) is 17.4 Å². The molecule has 128 valence electrons. The summed E-state index contributed by atoms with van der Waals surface area (Å²) >= 11 is 1.11. The van der Waals surface area contributed by atoms with E-state index in [2.05, 4.69) is 5.32 Å². The van der Waals surface area contributed by atoms with E-state index in [4.69, 9.17) is 4.74 Å². The molecule has 3 aromatic rings. The summed E-state index contributed by atoms with van der Waals surface area (Å²) in [6.45, 7) is 1.11. The van der Waals surface area contributed by atoms with Crippen LogP contribution in [-0.2, 0) is 9.53 Å². The van der Waals surface area contributed by atoms with Crippen LogP contribution < -0.4 is 5.32 Å². The molecule has 0 aliphatic heterocycles. The van der Waals surface area contributed by atoms with Gasteiger partial charge >= 0.3 is 5.97 Å². The Hall–Kier alpha value is -2.80. The fraction of sp³-hybridized carbons (Fsp3) is 0.111. The predicted molar refractivity (Wildman–Crippen MR) is 91.8 cm³/mol. The Bertz CT molecular complexity index is 968. The Kier molecular flexibility index (Phi) is 4.76. The summed E-state index contributed by atoms with van der Waals surface area (Å²) in [6.07, 6.45) is 0. The molecule has 0 saturated heterocycles. The van der Waals surface area contributed by atoms with E-state index in [1.807, 2.05) is 0 Å². The van der Waals surface area contributed by atoms with Gasteiger partial charge in [0.25, 0.3) is 5.91 Å². The van der Waals surface area contributed by atoms with Gasteiger partial charge < -0.3 is 10.1 Å². The number of amides is 1. The van der Waals surface area contributed by atoms with Crippen LogP contribution in [0.1, 0.15) is 15.2 Å². The van der Waals surface area contributed by atoms with Crippen LogP contribution >= 0.6 is 11.3 Å². The Labute approximate surface area is 146 Å². The molecule has 0 fully saturated rings. The molecule has 0 saturated carbocycles. The molecule has 3 rings (SSSR count). The van der Waals surface area contributed by atoms with Crippen LogP contribution in [0.3, 0.4) is 0 Å². The first-order chi connectivity index (χ1) is 12.0. The number of fused-ring (bicyclic) bond motifs is 1. The fourth-order valence-corrected chi connectivity index (χ4v) is 3.52. The zero-order chi connectivity index (χ0) is 18.0. The van der Waals surface area contributed by atoms with Gasteiger partial charge in [0.15, 0.2) is 6.61 Å². The SMILES string of the molecule is Cc1c(C(=O)OCC(=O)Nc2cccc(F)c2)sc2cccc(F)c12. The summed E-state index contributed by atoms with van der Waals surface area (Å²) in [5.41, 5.74) is 0.745. The molecule has 0 radical (unpaired) electrons. The molecule has 1 N–H and O–H groups in total. The monoisotopic (exact) mass is 361 g/mol. The van der Waals surface area contributed by atoms with Crippen LogP contribution in [0.2, 0.25) is 0 Å². The fourth-order valence-electron chi connectivity index (χ4n) is 2.41. The molecule has 1 amide bonds. The van der Waals surface area contributed by atoms with Gasteiger partial charge in [-0.25, -0.2) is 13.6 Å². The summed E-state index contributed by atoms with van der Waals surface area (Å²) in [7, 11) is 0. The van der Waals surface area contributed by atoms with E-state index in [-0.39, 0.29) is 10.6 Å². The third kappa shape index (κ3) is 3.66. The van der Waals surface area contributed by atoms with Crippen LogP contribution in [-0.4, -0.2) is 18.5 Å². The molecule has 0 bridgehead atoms. The van der Waals surface area contributed by atoms with E-state index in [1.54, 1.807) is 19.1 Å². The van der Waals surface area contributed by atoms with E-state index < -0.39 is 30.1 Å². The lowest BCUT2D eigenvalue weighted by atomic mass is 10.1. The van der Waals surface area contributed by atoms with Gasteiger partial charge in [-0.05, 0) is 42.8 Å². The van der Waals surface area contributed by atoms with Crippen LogP contribution in [0, 0.1) is 18.6 Å². The van der Waals surface area contributed by atoms with Crippen LogP contribution in [0.25, 0.3) is 10.1 Å². The molecular weight excluding hydrogens is 348 g/mol. The van der Waals surface area contributed by atoms with Gasteiger partial charge in [-0.15, -0.1) is 11.3 Å². The van der Waals surface area contributed by atoms with E-state index in [1.165, 1.54) is 24.3 Å². The van der Waals surface area contributed by atoms with E-state index in [0.29, 0.717) is 15.6 Å². The lowest BCUT2D eigenvalue weighted by Crippen LogP contribution is -2.20. The highest BCUT2D eigenvalue weighted by molar-refractivity contribution is 7.21. The highest BCUT2D eigenvalue weighted by Gasteiger charge is 2.19. The standard InChI is InChI=1S/C18H13F2NO3S/c1-10-16-13(20)6-3-7-14(16)25-17(10)18(23)24-9-15(22)21-12-5-2-4-11(19)8-12/h2-8H,9H2,1H3,(H,21,22). The van der Waals surface area contributed by atoms with Gasteiger partial charge in [-0.1, -0.05) is 12.1 Å². The van der Waals surface area contributed by atoms with Crippen molar-refractivity contribution in [3.05, 3.63) is 64.5 Å². The molecule has 0 aliphatic rings. The van der Waals surface area contributed by atoms with Crippen LogP contribution in [0.4, 0.5) is 14.5 Å². The number of carbonyl (C=O) groups is 2. The van der Waals surface area contributed by atoms with Gasteiger partial charge in [0.1, 0.15) is 16.5 Å². The molecule has 4 nitrogen and oxygen atoms in total. The smallest absolute Gasteiger partial charge is 0.349 e. The summed E-state index contributed by atoms with van der Waals surface area (Å²) in [6, 6.07) is 9.97. The number of hydrogen-bond acceptors (Lipinski definition) is 4. The molecule has 1 heterocycles. The minimum atomic E-state index is -0.701. The van der Waals surface area contributed by atoms with Gasteiger partial charge in [-0.2, -0.15) is 0 Å². The van der Waals surface area contributed by atoms with E-state index in [9.17, 15) is 18.4 Å². The average Bonchev–Trinajstić information content (AvgIpc) is 2.91. The number of nitrogens with one attached hydrogen (secondary N) is 1. The number of aryl methyl sites for hydroxylation is 1. The minimum absolute atomic E-state index is 0.249. The molecule has 0 aliphatic carbocycles. The number of benzene rings is 2. The number of carbonyl (C=O) groups excluding carboxylic acids is 2. The number of thiophene rings is 1. The maximum Gasteiger partial charge on any atom is 0.349 e. The molecule has 0 spiro atoms. The molecule has 0 unspecified atom stereocenters.